The van der Waals surface area contributed by atoms with Crippen LogP contribution < -0.4 is 25.5 Å². The number of benzene rings is 2. The van der Waals surface area contributed by atoms with Gasteiger partial charge in [-0.15, -0.1) is 0 Å². The fourth-order valence-corrected chi connectivity index (χ4v) is 4.46. The van der Waals surface area contributed by atoms with Crippen LogP contribution in [0.25, 0.3) is 11.3 Å². The molecule has 0 spiro atoms. The summed E-state index contributed by atoms with van der Waals surface area (Å²) in [6, 6.07) is 12.4. The number of furan rings is 1. The van der Waals surface area contributed by atoms with Gasteiger partial charge in [0.05, 0.1) is 41.6 Å². The maximum atomic E-state index is 12.4. The van der Waals surface area contributed by atoms with Crippen LogP contribution in [0.4, 0.5) is 4.79 Å². The molecule has 0 unspecified atom stereocenters. The van der Waals surface area contributed by atoms with Crippen LogP contribution in [0.3, 0.4) is 0 Å². The van der Waals surface area contributed by atoms with Crippen LogP contribution in [0.15, 0.2) is 69.3 Å². The molecule has 41 heavy (non-hydrogen) atoms. The molecule has 1 aromatic heterocycles. The highest BCUT2D eigenvalue weighted by Crippen LogP contribution is 2.35. The first-order valence-electron chi connectivity index (χ1n) is 12.5. The first-order valence-corrected chi connectivity index (χ1v) is 13.2. The first-order chi connectivity index (χ1) is 19.7. The van der Waals surface area contributed by atoms with Crippen LogP contribution in [0.2, 0.25) is 10.0 Å². The van der Waals surface area contributed by atoms with Crippen molar-refractivity contribution in [3.8, 4) is 22.8 Å². The zero-order chi connectivity index (χ0) is 29.5. The second-order valence-corrected chi connectivity index (χ2v) is 9.50. The van der Waals surface area contributed by atoms with Crippen molar-refractivity contribution in [3.63, 3.8) is 0 Å². The lowest BCUT2D eigenvalue weighted by Gasteiger charge is -2.28. The number of ether oxygens (including phenoxy) is 3. The van der Waals surface area contributed by atoms with E-state index in [-0.39, 0.29) is 12.2 Å². The molecule has 2 aromatic carbocycles. The number of allylic oxidation sites excluding steroid dienone is 1. The van der Waals surface area contributed by atoms with Crippen LogP contribution in [-0.2, 0) is 9.53 Å². The molecule has 2 amide bonds. The molecule has 0 saturated heterocycles. The summed E-state index contributed by atoms with van der Waals surface area (Å²) in [6.45, 7) is 3.58. The third-order valence-electron chi connectivity index (χ3n) is 5.93. The Labute approximate surface area is 246 Å². The van der Waals surface area contributed by atoms with Crippen molar-refractivity contribution < 1.29 is 33.3 Å². The van der Waals surface area contributed by atoms with Gasteiger partial charge in [0.15, 0.2) is 17.7 Å². The Hall–Kier alpha value is -4.19. The molecule has 0 bridgehead atoms. The Morgan fingerprint density at radius 3 is 2.76 bits per heavy atom. The van der Waals surface area contributed by atoms with Crippen LogP contribution >= 0.6 is 23.2 Å². The summed E-state index contributed by atoms with van der Waals surface area (Å²) in [5.41, 5.74) is 4.43. The number of rotatable bonds is 11. The van der Waals surface area contributed by atoms with Gasteiger partial charge < -0.3 is 34.4 Å². The molecule has 0 saturated carbocycles. The summed E-state index contributed by atoms with van der Waals surface area (Å²) < 4.78 is 22.1. The number of carbonyl (C=O) groups is 2. The van der Waals surface area contributed by atoms with E-state index < -0.39 is 24.3 Å². The third-order valence-corrected chi connectivity index (χ3v) is 6.75. The molecule has 4 rings (SSSR count). The summed E-state index contributed by atoms with van der Waals surface area (Å²) >= 11 is 12.3. The smallest absolute Gasteiger partial charge is 0.337 e. The zero-order valence-electron chi connectivity index (χ0n) is 22.4. The van der Waals surface area contributed by atoms with Gasteiger partial charge in [0.2, 0.25) is 0 Å². The number of hydrazone groups is 1. The predicted octanol–water partition coefficient (Wildman–Crippen LogP) is 4.77. The van der Waals surface area contributed by atoms with Crippen molar-refractivity contribution in [2.45, 2.75) is 26.1 Å². The number of halogens is 2. The van der Waals surface area contributed by atoms with E-state index in [9.17, 15) is 14.7 Å². The molecule has 13 heteroatoms. The summed E-state index contributed by atoms with van der Waals surface area (Å²) in [7, 11) is 1.27. The van der Waals surface area contributed by atoms with Crippen LogP contribution in [0.1, 0.15) is 31.2 Å². The van der Waals surface area contributed by atoms with E-state index in [4.69, 9.17) is 41.8 Å². The number of aliphatic hydroxyl groups is 1. The van der Waals surface area contributed by atoms with Crippen molar-refractivity contribution in [2.75, 3.05) is 20.3 Å². The minimum atomic E-state index is -1.17. The van der Waals surface area contributed by atoms with Gasteiger partial charge in [0.25, 0.3) is 0 Å². The van der Waals surface area contributed by atoms with Crippen molar-refractivity contribution in [2.24, 2.45) is 5.10 Å². The Bertz CT molecular complexity index is 1490. The second-order valence-electron chi connectivity index (χ2n) is 8.72. The molecule has 11 nitrogen and oxygen atoms in total. The summed E-state index contributed by atoms with van der Waals surface area (Å²) in [6.07, 6.45) is 0.227. The summed E-state index contributed by atoms with van der Waals surface area (Å²) in [5, 5.41) is 20.4. The van der Waals surface area contributed by atoms with E-state index in [1.165, 1.54) is 13.3 Å². The van der Waals surface area contributed by atoms with E-state index in [0.717, 1.165) is 0 Å². The lowest BCUT2D eigenvalue weighted by molar-refractivity contribution is -0.136. The summed E-state index contributed by atoms with van der Waals surface area (Å²) in [4.78, 5) is 24.5. The number of hydrogen-bond donors (Lipinski definition) is 4. The lowest BCUT2D eigenvalue weighted by atomic mass is 9.95. The van der Waals surface area contributed by atoms with Gasteiger partial charge in [-0.05, 0) is 55.8 Å². The number of nitrogens with zero attached hydrogens (tertiary/aromatic N) is 1. The molecule has 216 valence electrons. The molecular weight excluding hydrogens is 575 g/mol. The van der Waals surface area contributed by atoms with Gasteiger partial charge in [-0.2, -0.15) is 5.10 Å². The molecule has 2 heterocycles. The molecular formula is C28H28Cl2N4O7. The highest BCUT2D eigenvalue weighted by Gasteiger charge is 2.32. The maximum Gasteiger partial charge on any atom is 0.337 e. The minimum absolute atomic E-state index is 0.172. The van der Waals surface area contributed by atoms with Crippen molar-refractivity contribution >= 4 is 41.4 Å². The number of urea groups is 1. The van der Waals surface area contributed by atoms with Gasteiger partial charge >= 0.3 is 12.0 Å². The molecule has 4 N–H and O–H groups in total. The second kappa shape index (κ2) is 13.4. The fourth-order valence-electron chi connectivity index (χ4n) is 4.07. The Balaban J connectivity index is 1.40. The van der Waals surface area contributed by atoms with E-state index in [1.807, 2.05) is 0 Å². The largest absolute Gasteiger partial charge is 0.490 e. The van der Waals surface area contributed by atoms with Crippen LogP contribution in [-0.4, -0.2) is 49.9 Å². The number of aliphatic hydroxyl groups excluding tert-OH is 1. The van der Waals surface area contributed by atoms with E-state index in [2.05, 4.69) is 21.2 Å². The first kappa shape index (κ1) is 29.8. The number of hydrogen-bond acceptors (Lipinski definition) is 9. The van der Waals surface area contributed by atoms with E-state index in [1.54, 1.807) is 62.4 Å². The molecule has 0 aliphatic carbocycles. The normalized spacial score (nSPS) is 15.8. The molecule has 2 atom stereocenters. The standard InChI is InChI=1S/C28H28Cl2N4O7/c1-4-39-22-12-16(26-24(27(36)38-3)15(2)32-28(37)33-26)8-10-21(22)40-14-23(35)34-31-13-17-9-11-20(41-17)18-6-5-7-19(29)25(18)30/h5-13,23,26,34-35H,4,14H2,1-3H3,(H2,32,33,37)/b31-13+/t23-,26-/m1/s1. The topological polar surface area (TPSA) is 144 Å². The van der Waals surface area contributed by atoms with Gasteiger partial charge in [0.1, 0.15) is 18.1 Å². The molecule has 1 aliphatic rings. The van der Waals surface area contributed by atoms with Crippen LogP contribution in [0, 0.1) is 0 Å². The quantitative estimate of drug-likeness (QED) is 0.106. The highest BCUT2D eigenvalue weighted by molar-refractivity contribution is 6.43. The van der Waals surface area contributed by atoms with Gasteiger partial charge in [-0.1, -0.05) is 35.3 Å². The molecule has 0 radical (unpaired) electrons. The number of nitrogens with one attached hydrogen (secondary N) is 3. The van der Waals surface area contributed by atoms with Gasteiger partial charge in [-0.3, -0.25) is 5.43 Å². The van der Waals surface area contributed by atoms with Crippen molar-refractivity contribution in [3.05, 3.63) is 81.2 Å². The zero-order valence-corrected chi connectivity index (χ0v) is 23.9. The number of esters is 1. The molecule has 3 aromatic rings. The Kier molecular flexibility index (Phi) is 9.77. The minimum Gasteiger partial charge on any atom is -0.490 e. The van der Waals surface area contributed by atoms with E-state index in [0.29, 0.717) is 56.5 Å². The number of carbonyl (C=O) groups excluding carboxylic acids is 2. The number of methoxy groups -OCH3 is 1. The lowest BCUT2D eigenvalue weighted by Crippen LogP contribution is -2.45. The maximum absolute atomic E-state index is 12.4. The highest BCUT2D eigenvalue weighted by atomic mass is 35.5. The molecule has 0 fully saturated rings. The average molecular weight is 603 g/mol. The van der Waals surface area contributed by atoms with E-state index >= 15 is 0 Å². The van der Waals surface area contributed by atoms with Gasteiger partial charge in [0, 0.05) is 11.3 Å². The van der Waals surface area contributed by atoms with Gasteiger partial charge in [-0.25, -0.2) is 9.59 Å². The monoisotopic (exact) mass is 602 g/mol. The third kappa shape index (κ3) is 7.12. The molecule has 1 aliphatic heterocycles. The average Bonchev–Trinajstić information content (AvgIpc) is 3.41. The number of amides is 2. The SMILES string of the molecule is CCOc1cc([C@H]2NC(=O)NC(C)=C2C(=O)OC)ccc1OC[C@@H](O)N/N=C/c1ccc(-c2cccc(Cl)c2Cl)o1. The Morgan fingerprint density at radius 2 is 2.00 bits per heavy atom. The van der Waals surface area contributed by atoms with Crippen molar-refractivity contribution in [1.29, 1.82) is 0 Å². The fraction of sp³-hybridized carbons (Fsp3) is 0.250. The predicted molar refractivity (Wildman–Crippen MR) is 153 cm³/mol. The Morgan fingerprint density at radius 1 is 1.20 bits per heavy atom. The summed E-state index contributed by atoms with van der Waals surface area (Å²) in [5.74, 6) is 1.06. The van der Waals surface area contributed by atoms with Crippen LogP contribution in [0.5, 0.6) is 11.5 Å². The van der Waals surface area contributed by atoms with Crippen molar-refractivity contribution in [1.82, 2.24) is 16.1 Å².